The van der Waals surface area contributed by atoms with Gasteiger partial charge in [-0.1, -0.05) is 45.0 Å². The van der Waals surface area contributed by atoms with Crippen LogP contribution in [0.15, 0.2) is 18.2 Å². The van der Waals surface area contributed by atoms with Crippen LogP contribution in [0, 0.1) is 11.7 Å². The lowest BCUT2D eigenvalue weighted by Gasteiger charge is -2.16. The normalized spacial score (nSPS) is 10.6. The summed E-state index contributed by atoms with van der Waals surface area (Å²) in [5, 5.41) is 0. The number of halogens is 1. The van der Waals surface area contributed by atoms with Crippen molar-refractivity contribution in [1.82, 2.24) is 0 Å². The van der Waals surface area contributed by atoms with Crippen molar-refractivity contribution in [1.29, 1.82) is 0 Å². The standard InChI is InChI=1S/C13H18FNOS/c1-3-9(4-2)8-16-11-7-5-6-10(14)12(11)13(15)17/h5-7,9H,3-4,8H2,1-2H3,(H2,15,17). The summed E-state index contributed by atoms with van der Waals surface area (Å²) in [5.41, 5.74) is 5.70. The Morgan fingerprint density at radius 3 is 2.59 bits per heavy atom. The Balaban J connectivity index is 2.84. The minimum atomic E-state index is -0.431. The van der Waals surface area contributed by atoms with E-state index < -0.39 is 5.82 Å². The molecule has 0 fully saturated rings. The number of hydrogen-bond acceptors (Lipinski definition) is 2. The summed E-state index contributed by atoms with van der Waals surface area (Å²) >= 11 is 4.83. The third kappa shape index (κ3) is 3.66. The minimum Gasteiger partial charge on any atom is -0.492 e. The molecule has 0 heterocycles. The van der Waals surface area contributed by atoms with Crippen molar-refractivity contribution in [2.75, 3.05) is 6.61 Å². The monoisotopic (exact) mass is 255 g/mol. The minimum absolute atomic E-state index is 0.0302. The quantitative estimate of drug-likeness (QED) is 0.792. The maximum Gasteiger partial charge on any atom is 0.137 e. The van der Waals surface area contributed by atoms with Crippen LogP contribution in [0.25, 0.3) is 0 Å². The van der Waals surface area contributed by atoms with Gasteiger partial charge < -0.3 is 10.5 Å². The SMILES string of the molecule is CCC(CC)COc1cccc(F)c1C(N)=S. The molecule has 4 heteroatoms. The largest absolute Gasteiger partial charge is 0.492 e. The summed E-state index contributed by atoms with van der Waals surface area (Å²) in [4.78, 5) is 0.0302. The molecule has 0 atom stereocenters. The molecule has 0 radical (unpaired) electrons. The summed E-state index contributed by atoms with van der Waals surface area (Å²) in [5.74, 6) is 0.474. The average molecular weight is 255 g/mol. The maximum absolute atomic E-state index is 13.5. The van der Waals surface area contributed by atoms with E-state index in [-0.39, 0.29) is 10.6 Å². The Kier molecular flexibility index (Phi) is 5.35. The third-order valence-corrected chi connectivity index (χ3v) is 3.06. The van der Waals surface area contributed by atoms with Crippen LogP contribution < -0.4 is 10.5 Å². The summed E-state index contributed by atoms with van der Waals surface area (Å²) in [6.45, 7) is 4.78. The van der Waals surface area contributed by atoms with Gasteiger partial charge in [0.2, 0.25) is 0 Å². The van der Waals surface area contributed by atoms with Gasteiger partial charge >= 0.3 is 0 Å². The van der Waals surface area contributed by atoms with Crippen molar-refractivity contribution in [3.63, 3.8) is 0 Å². The van der Waals surface area contributed by atoms with Crippen molar-refractivity contribution in [2.24, 2.45) is 11.7 Å². The topological polar surface area (TPSA) is 35.2 Å². The van der Waals surface area contributed by atoms with Gasteiger partial charge in [0.05, 0.1) is 12.2 Å². The van der Waals surface area contributed by atoms with Crippen molar-refractivity contribution < 1.29 is 9.13 Å². The predicted molar refractivity (Wildman–Crippen MR) is 71.9 cm³/mol. The molecule has 2 N–H and O–H groups in total. The van der Waals surface area contributed by atoms with E-state index >= 15 is 0 Å². The van der Waals surface area contributed by atoms with Crippen LogP contribution in [0.1, 0.15) is 32.3 Å². The molecule has 0 aliphatic carbocycles. The van der Waals surface area contributed by atoms with Gasteiger partial charge in [-0.05, 0) is 18.1 Å². The molecule has 0 amide bonds. The molecule has 0 aromatic heterocycles. The molecule has 0 aliphatic heterocycles. The molecular weight excluding hydrogens is 237 g/mol. The highest BCUT2D eigenvalue weighted by Gasteiger charge is 2.13. The zero-order chi connectivity index (χ0) is 12.8. The second-order valence-electron chi connectivity index (χ2n) is 3.97. The first-order valence-corrected chi connectivity index (χ1v) is 6.22. The zero-order valence-electron chi connectivity index (χ0n) is 10.2. The van der Waals surface area contributed by atoms with Crippen LogP contribution in [0.2, 0.25) is 0 Å². The number of benzene rings is 1. The Labute approximate surface area is 107 Å². The van der Waals surface area contributed by atoms with Gasteiger partial charge in [-0.2, -0.15) is 0 Å². The number of rotatable bonds is 6. The molecule has 0 unspecified atom stereocenters. The molecule has 1 aromatic carbocycles. The van der Waals surface area contributed by atoms with E-state index in [9.17, 15) is 4.39 Å². The van der Waals surface area contributed by atoms with Crippen molar-refractivity contribution in [3.8, 4) is 5.75 Å². The second-order valence-corrected chi connectivity index (χ2v) is 4.41. The van der Waals surface area contributed by atoms with E-state index in [1.807, 2.05) is 0 Å². The fraction of sp³-hybridized carbons (Fsp3) is 0.462. The highest BCUT2D eigenvalue weighted by Crippen LogP contribution is 2.22. The number of hydrogen-bond donors (Lipinski definition) is 1. The molecule has 1 aromatic rings. The van der Waals surface area contributed by atoms with Crippen LogP contribution in [-0.4, -0.2) is 11.6 Å². The highest BCUT2D eigenvalue weighted by molar-refractivity contribution is 7.80. The lowest BCUT2D eigenvalue weighted by atomic mass is 10.1. The second kappa shape index (κ2) is 6.55. The molecule has 1 rings (SSSR count). The molecule has 17 heavy (non-hydrogen) atoms. The van der Waals surface area contributed by atoms with Gasteiger partial charge in [0.25, 0.3) is 0 Å². The molecular formula is C13H18FNOS. The van der Waals surface area contributed by atoms with Crippen molar-refractivity contribution >= 4 is 17.2 Å². The van der Waals surface area contributed by atoms with E-state index in [0.717, 1.165) is 12.8 Å². The third-order valence-electron chi connectivity index (χ3n) is 2.85. The van der Waals surface area contributed by atoms with Gasteiger partial charge in [0.1, 0.15) is 16.6 Å². The molecule has 0 saturated heterocycles. The first kappa shape index (κ1) is 13.9. The van der Waals surface area contributed by atoms with E-state index in [0.29, 0.717) is 18.3 Å². The summed E-state index contributed by atoms with van der Waals surface area (Å²) < 4.78 is 19.2. The maximum atomic E-state index is 13.5. The smallest absolute Gasteiger partial charge is 0.137 e. The van der Waals surface area contributed by atoms with E-state index in [2.05, 4.69) is 13.8 Å². The van der Waals surface area contributed by atoms with E-state index in [1.54, 1.807) is 12.1 Å². The van der Waals surface area contributed by atoms with Crippen LogP contribution in [0.4, 0.5) is 4.39 Å². The first-order chi connectivity index (χ1) is 8.10. The fourth-order valence-corrected chi connectivity index (χ4v) is 1.79. The molecule has 94 valence electrons. The first-order valence-electron chi connectivity index (χ1n) is 5.81. The lowest BCUT2D eigenvalue weighted by Crippen LogP contribution is -2.16. The molecule has 0 bridgehead atoms. The molecule has 0 saturated carbocycles. The van der Waals surface area contributed by atoms with Gasteiger partial charge in [0.15, 0.2) is 0 Å². The highest BCUT2D eigenvalue weighted by atomic mass is 32.1. The van der Waals surface area contributed by atoms with E-state index in [1.165, 1.54) is 6.07 Å². The summed E-state index contributed by atoms with van der Waals surface area (Å²) in [6, 6.07) is 4.62. The van der Waals surface area contributed by atoms with Crippen molar-refractivity contribution in [3.05, 3.63) is 29.6 Å². The Morgan fingerprint density at radius 2 is 2.06 bits per heavy atom. The van der Waals surface area contributed by atoms with Gasteiger partial charge in [-0.25, -0.2) is 4.39 Å². The number of ether oxygens (including phenoxy) is 1. The number of thiocarbonyl (C=S) groups is 1. The van der Waals surface area contributed by atoms with E-state index in [4.69, 9.17) is 22.7 Å². The predicted octanol–water partition coefficient (Wildman–Crippen LogP) is 3.27. The summed E-state index contributed by atoms with van der Waals surface area (Å²) in [6.07, 6.45) is 2.07. The average Bonchev–Trinajstić information content (AvgIpc) is 2.29. The Hall–Kier alpha value is -1.16. The summed E-state index contributed by atoms with van der Waals surface area (Å²) in [7, 11) is 0. The zero-order valence-corrected chi connectivity index (χ0v) is 11.0. The molecule has 0 spiro atoms. The fourth-order valence-electron chi connectivity index (χ4n) is 1.60. The van der Waals surface area contributed by atoms with Gasteiger partial charge in [-0.3, -0.25) is 0 Å². The van der Waals surface area contributed by atoms with Crippen molar-refractivity contribution in [2.45, 2.75) is 26.7 Å². The number of nitrogens with two attached hydrogens (primary N) is 1. The Morgan fingerprint density at radius 1 is 1.41 bits per heavy atom. The Bertz CT molecular complexity index is 391. The van der Waals surface area contributed by atoms with Crippen LogP contribution in [-0.2, 0) is 0 Å². The van der Waals surface area contributed by atoms with Crippen LogP contribution in [0.3, 0.4) is 0 Å². The van der Waals surface area contributed by atoms with Crippen LogP contribution >= 0.6 is 12.2 Å². The lowest BCUT2D eigenvalue weighted by molar-refractivity contribution is 0.239. The molecule has 0 aliphatic rings. The van der Waals surface area contributed by atoms with Crippen LogP contribution in [0.5, 0.6) is 5.75 Å². The van der Waals surface area contributed by atoms with Gasteiger partial charge in [-0.15, -0.1) is 0 Å². The molecule has 2 nitrogen and oxygen atoms in total. The van der Waals surface area contributed by atoms with Gasteiger partial charge in [0, 0.05) is 0 Å².